The molecule has 0 aliphatic heterocycles. The van der Waals surface area contributed by atoms with E-state index in [4.69, 9.17) is 9.47 Å². The van der Waals surface area contributed by atoms with E-state index in [0.29, 0.717) is 19.6 Å². The zero-order valence-corrected chi connectivity index (χ0v) is 12.4. The topological polar surface area (TPSA) is 76.7 Å². The normalized spacial score (nSPS) is 11.3. The van der Waals surface area contributed by atoms with Gasteiger partial charge in [-0.1, -0.05) is 30.3 Å². The van der Waals surface area contributed by atoms with E-state index >= 15 is 0 Å². The largest absolute Gasteiger partial charge is 0.450 e. The highest BCUT2D eigenvalue weighted by molar-refractivity contribution is 5.69. The molecule has 0 saturated carbocycles. The molecule has 6 heteroatoms. The average Bonchev–Trinajstić information content (AvgIpc) is 2.46. The number of amides is 2. The number of ether oxygens (including phenoxy) is 2. The van der Waals surface area contributed by atoms with Crippen molar-refractivity contribution in [1.29, 1.82) is 0 Å². The minimum Gasteiger partial charge on any atom is -0.450 e. The summed E-state index contributed by atoms with van der Waals surface area (Å²) in [6.07, 6.45) is -0.406. The number of carbonyl (C=O) groups excluding carboxylic acids is 2. The van der Waals surface area contributed by atoms with Gasteiger partial charge in [0.05, 0.1) is 19.3 Å². The summed E-state index contributed by atoms with van der Waals surface area (Å²) in [4.78, 5) is 22.9. The van der Waals surface area contributed by atoms with Gasteiger partial charge in [0.15, 0.2) is 0 Å². The number of hydrogen-bond donors (Lipinski definition) is 2. The summed E-state index contributed by atoms with van der Waals surface area (Å²) in [7, 11) is 0. The van der Waals surface area contributed by atoms with Crippen molar-refractivity contribution in [2.75, 3.05) is 19.8 Å². The van der Waals surface area contributed by atoms with Gasteiger partial charge in [0, 0.05) is 6.54 Å². The maximum Gasteiger partial charge on any atom is 0.407 e. The Morgan fingerprint density at radius 3 is 2.29 bits per heavy atom. The van der Waals surface area contributed by atoms with Gasteiger partial charge in [0.1, 0.15) is 0 Å². The molecule has 1 atom stereocenters. The van der Waals surface area contributed by atoms with Gasteiger partial charge in [0.2, 0.25) is 0 Å². The Morgan fingerprint density at radius 2 is 1.67 bits per heavy atom. The maximum atomic E-state index is 11.5. The number of benzene rings is 1. The molecule has 0 spiro atoms. The van der Waals surface area contributed by atoms with Crippen molar-refractivity contribution in [2.45, 2.75) is 26.3 Å². The first-order valence-electron chi connectivity index (χ1n) is 7.03. The summed E-state index contributed by atoms with van der Waals surface area (Å²) in [6, 6.07) is 9.43. The Kier molecular flexibility index (Phi) is 7.71. The van der Waals surface area contributed by atoms with E-state index in [-0.39, 0.29) is 12.6 Å². The van der Waals surface area contributed by atoms with E-state index in [1.165, 1.54) is 0 Å². The smallest absolute Gasteiger partial charge is 0.407 e. The van der Waals surface area contributed by atoms with Crippen LogP contribution in [0.25, 0.3) is 0 Å². The lowest BCUT2D eigenvalue weighted by atomic mass is 10.1. The number of rotatable bonds is 7. The molecule has 6 nitrogen and oxygen atoms in total. The monoisotopic (exact) mass is 294 g/mol. The fraction of sp³-hybridized carbons (Fsp3) is 0.467. The first-order valence-corrected chi connectivity index (χ1v) is 7.03. The van der Waals surface area contributed by atoms with Gasteiger partial charge < -0.3 is 20.1 Å². The van der Waals surface area contributed by atoms with E-state index < -0.39 is 12.2 Å². The molecule has 0 aliphatic rings. The van der Waals surface area contributed by atoms with Gasteiger partial charge in [-0.25, -0.2) is 9.59 Å². The molecule has 1 aromatic carbocycles. The minimum absolute atomic E-state index is 0.268. The lowest BCUT2D eigenvalue weighted by Gasteiger charge is -2.19. The first kappa shape index (κ1) is 16.8. The van der Waals surface area contributed by atoms with Crippen LogP contribution in [0.15, 0.2) is 30.3 Å². The lowest BCUT2D eigenvalue weighted by Crippen LogP contribution is -2.45. The Labute approximate surface area is 124 Å². The number of hydrogen-bond acceptors (Lipinski definition) is 4. The molecule has 0 aliphatic carbocycles. The van der Waals surface area contributed by atoms with Crippen LogP contribution in [0.1, 0.15) is 19.4 Å². The molecule has 0 saturated heterocycles. The Bertz CT molecular complexity index is 437. The van der Waals surface area contributed by atoms with Crippen LogP contribution in [0.5, 0.6) is 0 Å². The second kappa shape index (κ2) is 9.63. The van der Waals surface area contributed by atoms with Crippen molar-refractivity contribution >= 4 is 12.2 Å². The van der Waals surface area contributed by atoms with Crippen LogP contribution in [-0.4, -0.2) is 38.0 Å². The van der Waals surface area contributed by atoms with Crippen LogP contribution in [0, 0.1) is 0 Å². The van der Waals surface area contributed by atoms with E-state index in [9.17, 15) is 9.59 Å². The molecule has 0 aromatic heterocycles. The third kappa shape index (κ3) is 7.20. The van der Waals surface area contributed by atoms with Crippen molar-refractivity contribution in [3.05, 3.63) is 35.9 Å². The van der Waals surface area contributed by atoms with Gasteiger partial charge in [0.25, 0.3) is 0 Å². The molecule has 1 rings (SSSR count). The minimum atomic E-state index is -0.499. The summed E-state index contributed by atoms with van der Waals surface area (Å²) in [5.41, 5.74) is 1.06. The van der Waals surface area contributed by atoms with Gasteiger partial charge in [-0.05, 0) is 25.8 Å². The Morgan fingerprint density at radius 1 is 1.05 bits per heavy atom. The molecule has 21 heavy (non-hydrogen) atoms. The molecule has 0 fully saturated rings. The zero-order valence-electron chi connectivity index (χ0n) is 12.4. The van der Waals surface area contributed by atoms with Gasteiger partial charge in [-0.2, -0.15) is 0 Å². The highest BCUT2D eigenvalue weighted by Crippen LogP contribution is 2.03. The maximum absolute atomic E-state index is 11.5. The van der Waals surface area contributed by atoms with Crippen LogP contribution in [0.4, 0.5) is 9.59 Å². The summed E-state index contributed by atoms with van der Waals surface area (Å²) >= 11 is 0. The molecule has 0 bridgehead atoms. The summed E-state index contributed by atoms with van der Waals surface area (Å²) in [6.45, 7) is 4.35. The van der Waals surface area contributed by atoms with Crippen molar-refractivity contribution in [3.63, 3.8) is 0 Å². The molecular formula is C15H22N2O4. The fourth-order valence-corrected chi connectivity index (χ4v) is 1.80. The summed E-state index contributed by atoms with van der Waals surface area (Å²) < 4.78 is 9.67. The molecule has 0 radical (unpaired) electrons. The van der Waals surface area contributed by atoms with Crippen LogP contribution >= 0.6 is 0 Å². The lowest BCUT2D eigenvalue weighted by molar-refractivity contribution is 0.142. The van der Waals surface area contributed by atoms with E-state index in [1.54, 1.807) is 13.8 Å². The van der Waals surface area contributed by atoms with Crippen LogP contribution in [-0.2, 0) is 15.9 Å². The van der Waals surface area contributed by atoms with Crippen LogP contribution in [0.3, 0.4) is 0 Å². The quantitative estimate of drug-likeness (QED) is 0.807. The number of nitrogens with one attached hydrogen (secondary N) is 2. The Balaban J connectivity index is 2.56. The molecule has 1 aromatic rings. The standard InChI is InChI=1S/C15H22N2O4/c1-3-20-14(18)16-11-13(17-15(19)21-4-2)10-12-8-6-5-7-9-12/h5-9,13H,3-4,10-11H2,1-2H3,(H,16,18)(H,17,19). The van der Waals surface area contributed by atoms with Gasteiger partial charge >= 0.3 is 12.2 Å². The van der Waals surface area contributed by atoms with Crippen molar-refractivity contribution in [1.82, 2.24) is 10.6 Å². The second-order valence-electron chi connectivity index (χ2n) is 4.35. The third-order valence-corrected chi connectivity index (χ3v) is 2.69. The predicted molar refractivity (Wildman–Crippen MR) is 79.1 cm³/mol. The van der Waals surface area contributed by atoms with Crippen molar-refractivity contribution in [2.24, 2.45) is 0 Å². The molecule has 1 unspecified atom stereocenters. The fourth-order valence-electron chi connectivity index (χ4n) is 1.80. The van der Waals surface area contributed by atoms with E-state index in [2.05, 4.69) is 10.6 Å². The highest BCUT2D eigenvalue weighted by atomic mass is 16.6. The zero-order chi connectivity index (χ0) is 15.5. The molecular weight excluding hydrogens is 272 g/mol. The summed E-state index contributed by atoms with van der Waals surface area (Å²) in [5, 5.41) is 5.35. The molecule has 116 valence electrons. The highest BCUT2D eigenvalue weighted by Gasteiger charge is 2.15. The van der Waals surface area contributed by atoms with Crippen molar-refractivity contribution in [3.8, 4) is 0 Å². The first-order chi connectivity index (χ1) is 10.2. The molecule has 2 amide bonds. The number of carbonyl (C=O) groups is 2. The predicted octanol–water partition coefficient (Wildman–Crippen LogP) is 2.09. The van der Waals surface area contributed by atoms with Gasteiger partial charge in [-0.3, -0.25) is 0 Å². The SMILES string of the molecule is CCOC(=O)NCC(Cc1ccccc1)NC(=O)OCC. The molecule has 2 N–H and O–H groups in total. The Hall–Kier alpha value is -2.24. The number of alkyl carbamates (subject to hydrolysis) is 2. The summed E-state index contributed by atoms with van der Waals surface area (Å²) in [5.74, 6) is 0. The van der Waals surface area contributed by atoms with Crippen molar-refractivity contribution < 1.29 is 19.1 Å². The third-order valence-electron chi connectivity index (χ3n) is 2.69. The van der Waals surface area contributed by atoms with E-state index in [1.807, 2.05) is 30.3 Å². The average molecular weight is 294 g/mol. The van der Waals surface area contributed by atoms with Gasteiger partial charge in [-0.15, -0.1) is 0 Å². The van der Waals surface area contributed by atoms with E-state index in [0.717, 1.165) is 5.56 Å². The van der Waals surface area contributed by atoms with Crippen LogP contribution < -0.4 is 10.6 Å². The molecule has 0 heterocycles. The second-order valence-corrected chi connectivity index (χ2v) is 4.35. The van der Waals surface area contributed by atoms with Crippen LogP contribution in [0.2, 0.25) is 0 Å².